The number of fused-ring (bicyclic) bond motifs is 7. The monoisotopic (exact) mass is 792 g/mol. The molecule has 0 unspecified atom stereocenters. The SMILES string of the molecule is c1ccc(-c2nc(-c3ccccc3)nc(-c3cc(-c4ccccc4-c4ccccc4)ccc3-c3cccc4c3oc3c4ccc4c5ccccc5n(-c5ccccc5)c43)n2)cc1. The van der Waals surface area contributed by atoms with Crippen LogP contribution in [0.4, 0.5) is 0 Å². The highest BCUT2D eigenvalue weighted by atomic mass is 16.3. The molecule has 3 heterocycles. The smallest absolute Gasteiger partial charge is 0.164 e. The topological polar surface area (TPSA) is 56.7 Å². The fourth-order valence-corrected chi connectivity index (χ4v) is 9.03. The van der Waals surface area contributed by atoms with Crippen LogP contribution in [0.25, 0.3) is 117 Å². The molecule has 0 aliphatic heterocycles. The summed E-state index contributed by atoms with van der Waals surface area (Å²) in [6.07, 6.45) is 0. The van der Waals surface area contributed by atoms with E-state index in [0.29, 0.717) is 17.5 Å². The average Bonchev–Trinajstić information content (AvgIpc) is 3.91. The molecule has 0 amide bonds. The van der Waals surface area contributed by atoms with Gasteiger partial charge in [0.1, 0.15) is 5.58 Å². The summed E-state index contributed by atoms with van der Waals surface area (Å²) in [5, 5.41) is 4.43. The molecule has 0 spiro atoms. The predicted molar refractivity (Wildman–Crippen MR) is 254 cm³/mol. The first-order chi connectivity index (χ1) is 30.8. The summed E-state index contributed by atoms with van der Waals surface area (Å²) in [7, 11) is 0. The van der Waals surface area contributed by atoms with E-state index in [4.69, 9.17) is 19.4 Å². The van der Waals surface area contributed by atoms with Gasteiger partial charge in [0.2, 0.25) is 0 Å². The summed E-state index contributed by atoms with van der Waals surface area (Å²) in [6.45, 7) is 0. The maximum absolute atomic E-state index is 7.24. The number of hydrogen-bond donors (Lipinski definition) is 0. The highest BCUT2D eigenvalue weighted by Crippen LogP contribution is 2.45. The third kappa shape index (κ3) is 5.90. The van der Waals surface area contributed by atoms with Crippen LogP contribution in [0.2, 0.25) is 0 Å². The van der Waals surface area contributed by atoms with Gasteiger partial charge in [0.05, 0.1) is 11.0 Å². The molecule has 0 bridgehead atoms. The molecule has 3 aromatic heterocycles. The van der Waals surface area contributed by atoms with Gasteiger partial charge in [-0.1, -0.05) is 188 Å². The van der Waals surface area contributed by atoms with E-state index in [2.05, 4.69) is 162 Å². The number of hydrogen-bond acceptors (Lipinski definition) is 4. The van der Waals surface area contributed by atoms with Crippen LogP contribution in [0.5, 0.6) is 0 Å². The first-order valence-electron chi connectivity index (χ1n) is 20.9. The van der Waals surface area contributed by atoms with Crippen LogP contribution in [-0.4, -0.2) is 19.5 Å². The third-order valence-corrected chi connectivity index (χ3v) is 11.9. The van der Waals surface area contributed by atoms with Crippen molar-refractivity contribution in [3.8, 4) is 73.2 Å². The molecule has 0 N–H and O–H groups in total. The first kappa shape index (κ1) is 35.5. The largest absolute Gasteiger partial charge is 0.453 e. The molecule has 5 nitrogen and oxygen atoms in total. The fourth-order valence-electron chi connectivity index (χ4n) is 9.03. The lowest BCUT2D eigenvalue weighted by Crippen LogP contribution is -2.01. The molecule has 0 saturated heterocycles. The van der Waals surface area contributed by atoms with Crippen LogP contribution in [-0.2, 0) is 0 Å². The molecular formula is C57H36N4O. The number of nitrogens with zero attached hydrogens (tertiary/aromatic N) is 4. The second kappa shape index (κ2) is 14.7. The van der Waals surface area contributed by atoms with Crippen molar-refractivity contribution in [2.24, 2.45) is 0 Å². The molecule has 0 radical (unpaired) electrons. The van der Waals surface area contributed by atoms with Crippen LogP contribution in [0, 0.1) is 0 Å². The zero-order valence-corrected chi connectivity index (χ0v) is 33.5. The van der Waals surface area contributed by atoms with Gasteiger partial charge >= 0.3 is 0 Å². The minimum atomic E-state index is 0.575. The van der Waals surface area contributed by atoms with E-state index < -0.39 is 0 Å². The number of aromatic nitrogens is 4. The highest BCUT2D eigenvalue weighted by molar-refractivity contribution is 6.22. The molecule has 0 atom stereocenters. The number of furan rings is 1. The Kier molecular flexibility index (Phi) is 8.42. The minimum absolute atomic E-state index is 0.575. The minimum Gasteiger partial charge on any atom is -0.453 e. The van der Waals surface area contributed by atoms with Gasteiger partial charge in [-0.3, -0.25) is 0 Å². The Bertz CT molecular complexity index is 3560. The van der Waals surface area contributed by atoms with E-state index in [1.807, 2.05) is 60.7 Å². The van der Waals surface area contributed by atoms with E-state index in [1.165, 1.54) is 5.39 Å². The van der Waals surface area contributed by atoms with Crippen molar-refractivity contribution in [3.63, 3.8) is 0 Å². The van der Waals surface area contributed by atoms with E-state index in [-0.39, 0.29) is 0 Å². The standard InChI is InChI=1S/C57H36N4O/c1-5-18-37(19-6-1)42-26-13-14-27-43(42)40-32-33-44(50(36-40)57-59-55(38-20-7-2-8-21-38)58-56(60-57)39-22-9-3-10-23-39)47-29-17-30-48-49-35-34-46-45-28-15-16-31-51(45)61(41-24-11-4-12-25-41)52(46)54(49)62-53(47)48/h1-36H. The molecule has 0 aliphatic carbocycles. The Morgan fingerprint density at radius 1 is 0.306 bits per heavy atom. The van der Waals surface area contributed by atoms with Crippen LogP contribution in [0.15, 0.2) is 223 Å². The quantitative estimate of drug-likeness (QED) is 0.161. The van der Waals surface area contributed by atoms with Crippen LogP contribution in [0.3, 0.4) is 0 Å². The van der Waals surface area contributed by atoms with Crippen molar-refractivity contribution in [2.75, 3.05) is 0 Å². The second-order valence-corrected chi connectivity index (χ2v) is 15.5. The Hall–Kier alpha value is -8.41. The van der Waals surface area contributed by atoms with Crippen LogP contribution < -0.4 is 0 Å². The molecule has 0 aliphatic rings. The summed E-state index contributed by atoms with van der Waals surface area (Å²) in [6, 6.07) is 76.1. The number of rotatable bonds is 7. The van der Waals surface area contributed by atoms with Gasteiger partial charge < -0.3 is 8.98 Å². The molecule has 0 saturated carbocycles. The van der Waals surface area contributed by atoms with Gasteiger partial charge in [0.25, 0.3) is 0 Å². The molecule has 12 aromatic rings. The van der Waals surface area contributed by atoms with Crippen LogP contribution in [0.1, 0.15) is 0 Å². The summed E-state index contributed by atoms with van der Waals surface area (Å²) in [4.78, 5) is 15.6. The highest BCUT2D eigenvalue weighted by Gasteiger charge is 2.23. The van der Waals surface area contributed by atoms with Crippen LogP contribution >= 0.6 is 0 Å². The molecule has 9 aromatic carbocycles. The normalized spacial score (nSPS) is 11.5. The van der Waals surface area contributed by atoms with E-state index in [1.54, 1.807) is 0 Å². The lowest BCUT2D eigenvalue weighted by molar-refractivity contribution is 0.672. The van der Waals surface area contributed by atoms with Crippen molar-refractivity contribution in [1.29, 1.82) is 0 Å². The van der Waals surface area contributed by atoms with E-state index in [9.17, 15) is 0 Å². The molecule has 12 rings (SSSR count). The molecular weight excluding hydrogens is 757 g/mol. The van der Waals surface area contributed by atoms with Gasteiger partial charge in [-0.15, -0.1) is 0 Å². The van der Waals surface area contributed by atoms with Crippen molar-refractivity contribution < 1.29 is 4.42 Å². The van der Waals surface area contributed by atoms with Gasteiger partial charge in [0.15, 0.2) is 23.1 Å². The second-order valence-electron chi connectivity index (χ2n) is 15.5. The average molecular weight is 793 g/mol. The van der Waals surface area contributed by atoms with E-state index in [0.717, 1.165) is 94.1 Å². The maximum Gasteiger partial charge on any atom is 0.164 e. The van der Waals surface area contributed by atoms with Crippen molar-refractivity contribution in [1.82, 2.24) is 19.5 Å². The molecule has 62 heavy (non-hydrogen) atoms. The van der Waals surface area contributed by atoms with Crippen molar-refractivity contribution >= 4 is 43.7 Å². The Morgan fingerprint density at radius 3 is 1.52 bits per heavy atom. The third-order valence-electron chi connectivity index (χ3n) is 11.9. The number of para-hydroxylation sites is 3. The molecule has 5 heteroatoms. The lowest BCUT2D eigenvalue weighted by Gasteiger charge is -2.16. The van der Waals surface area contributed by atoms with Gasteiger partial charge in [0, 0.05) is 49.5 Å². The maximum atomic E-state index is 7.24. The van der Waals surface area contributed by atoms with Gasteiger partial charge in [-0.25, -0.2) is 15.0 Å². The summed E-state index contributed by atoms with van der Waals surface area (Å²) < 4.78 is 9.57. The summed E-state index contributed by atoms with van der Waals surface area (Å²) in [5.41, 5.74) is 14.0. The Morgan fingerprint density at radius 2 is 0.823 bits per heavy atom. The van der Waals surface area contributed by atoms with Crippen molar-refractivity contribution in [2.45, 2.75) is 0 Å². The zero-order chi connectivity index (χ0) is 41.0. The van der Waals surface area contributed by atoms with Gasteiger partial charge in [-0.05, 0) is 58.1 Å². The fraction of sp³-hybridized carbons (Fsp3) is 0. The Balaban J connectivity index is 1.15. The zero-order valence-electron chi connectivity index (χ0n) is 33.5. The molecule has 290 valence electrons. The lowest BCUT2D eigenvalue weighted by atomic mass is 9.90. The number of benzene rings is 9. The first-order valence-corrected chi connectivity index (χ1v) is 20.9. The van der Waals surface area contributed by atoms with Gasteiger partial charge in [-0.2, -0.15) is 0 Å². The Labute approximate surface area is 357 Å². The molecule has 0 fully saturated rings. The predicted octanol–water partition coefficient (Wildman–Crippen LogP) is 14.9. The van der Waals surface area contributed by atoms with Crippen molar-refractivity contribution in [3.05, 3.63) is 218 Å². The summed E-state index contributed by atoms with van der Waals surface area (Å²) in [5.74, 6) is 1.79. The van der Waals surface area contributed by atoms with E-state index >= 15 is 0 Å². The summed E-state index contributed by atoms with van der Waals surface area (Å²) >= 11 is 0.